The first-order valence-electron chi connectivity index (χ1n) is 10.3. The Labute approximate surface area is 171 Å². The Kier molecular flexibility index (Phi) is 4.76. The summed E-state index contributed by atoms with van der Waals surface area (Å²) >= 11 is 0. The third-order valence-corrected chi connectivity index (χ3v) is 5.85. The lowest BCUT2D eigenvalue weighted by molar-refractivity contribution is -0.616. The number of hydrogen-bond acceptors (Lipinski definition) is 3. The molecule has 2 aromatic carbocycles. The van der Waals surface area contributed by atoms with E-state index in [0.717, 1.165) is 41.7 Å². The summed E-state index contributed by atoms with van der Waals surface area (Å²) in [4.78, 5) is 4.80. The SMILES string of the molecule is [O-][n+]1c2ccc(c1C1=N[C@@H](Cc3ccccc3)CO1)CCc1ccc(cc1)CC2. The van der Waals surface area contributed by atoms with Gasteiger partial charge in [0.05, 0.1) is 6.04 Å². The van der Waals surface area contributed by atoms with Crippen LogP contribution in [0.2, 0.25) is 0 Å². The van der Waals surface area contributed by atoms with E-state index < -0.39 is 0 Å². The van der Waals surface area contributed by atoms with Gasteiger partial charge in [-0.15, -0.1) is 0 Å². The molecular weight excluding hydrogens is 360 g/mol. The molecule has 29 heavy (non-hydrogen) atoms. The lowest BCUT2D eigenvalue weighted by Crippen LogP contribution is -2.41. The molecule has 0 saturated carbocycles. The van der Waals surface area contributed by atoms with Gasteiger partial charge in [0.2, 0.25) is 0 Å². The van der Waals surface area contributed by atoms with Crippen molar-refractivity contribution in [2.75, 3.05) is 6.61 Å². The average Bonchev–Trinajstić information content (AvgIpc) is 3.19. The van der Waals surface area contributed by atoms with Gasteiger partial charge in [-0.3, -0.25) is 0 Å². The Morgan fingerprint density at radius 1 is 0.862 bits per heavy atom. The smallest absolute Gasteiger partial charge is 0.285 e. The molecule has 0 amide bonds. The minimum atomic E-state index is 0.0506. The van der Waals surface area contributed by atoms with Gasteiger partial charge in [-0.25, -0.2) is 4.99 Å². The molecule has 4 heterocycles. The maximum Gasteiger partial charge on any atom is 0.285 e. The number of pyridine rings is 1. The highest BCUT2D eigenvalue weighted by Crippen LogP contribution is 2.20. The molecule has 0 fully saturated rings. The van der Waals surface area contributed by atoms with Crippen LogP contribution in [0.15, 0.2) is 71.7 Å². The summed E-state index contributed by atoms with van der Waals surface area (Å²) in [5.41, 5.74) is 6.17. The molecule has 4 heteroatoms. The zero-order valence-electron chi connectivity index (χ0n) is 16.4. The molecule has 1 atom stereocenters. The Hall–Kier alpha value is -3.14. The van der Waals surface area contributed by atoms with Crippen LogP contribution in [0.25, 0.3) is 0 Å². The van der Waals surface area contributed by atoms with Crippen molar-refractivity contribution in [2.45, 2.75) is 38.1 Å². The maximum atomic E-state index is 13.2. The number of nitrogens with zero attached hydrogens (tertiary/aromatic N) is 2. The second-order valence-corrected chi connectivity index (χ2v) is 7.90. The van der Waals surface area contributed by atoms with Crippen LogP contribution in [0.5, 0.6) is 0 Å². The minimum absolute atomic E-state index is 0.0506. The van der Waals surface area contributed by atoms with E-state index in [4.69, 9.17) is 9.73 Å². The number of hydrogen-bond donors (Lipinski definition) is 0. The number of aryl methyl sites for hydroxylation is 4. The van der Waals surface area contributed by atoms with Crippen molar-refractivity contribution in [2.24, 2.45) is 4.99 Å². The zero-order chi connectivity index (χ0) is 19.6. The monoisotopic (exact) mass is 384 g/mol. The van der Waals surface area contributed by atoms with E-state index in [0.29, 0.717) is 24.6 Å². The molecular formula is C25H24N2O2. The fourth-order valence-corrected chi connectivity index (χ4v) is 4.19. The molecule has 0 saturated heterocycles. The summed E-state index contributed by atoms with van der Waals surface area (Å²) in [6.07, 6.45) is 4.07. The van der Waals surface area contributed by atoms with Crippen molar-refractivity contribution in [3.05, 3.63) is 106 Å². The lowest BCUT2D eigenvalue weighted by Gasteiger charge is -2.14. The summed E-state index contributed by atoms with van der Waals surface area (Å²) in [7, 11) is 0. The van der Waals surface area contributed by atoms with Crippen LogP contribution in [0.3, 0.4) is 0 Å². The lowest BCUT2D eigenvalue weighted by atomic mass is 9.98. The normalized spacial score (nSPS) is 18.1. The minimum Gasteiger partial charge on any atom is -0.618 e. The number of rotatable bonds is 3. The summed E-state index contributed by atoms with van der Waals surface area (Å²) in [6, 6.07) is 23.2. The van der Waals surface area contributed by atoms with Crippen LogP contribution < -0.4 is 4.73 Å². The largest absolute Gasteiger partial charge is 0.618 e. The van der Waals surface area contributed by atoms with Gasteiger partial charge in [-0.05, 0) is 48.4 Å². The van der Waals surface area contributed by atoms with Crippen LogP contribution in [0, 0.1) is 5.21 Å². The number of benzene rings is 2. The van der Waals surface area contributed by atoms with Crippen molar-refractivity contribution in [3.8, 4) is 0 Å². The maximum absolute atomic E-state index is 13.2. The van der Waals surface area contributed by atoms with E-state index in [1.807, 2.05) is 24.3 Å². The first kappa shape index (κ1) is 17.9. The summed E-state index contributed by atoms with van der Waals surface area (Å²) in [5, 5.41) is 13.2. The van der Waals surface area contributed by atoms with E-state index >= 15 is 0 Å². The molecule has 8 rings (SSSR count). The fraction of sp³-hybridized carbons (Fsp3) is 0.280. The molecule has 3 aromatic rings. The molecule has 0 spiro atoms. The Balaban J connectivity index is 1.47. The molecule has 146 valence electrons. The standard InChI is InChI=1S/C25H24N2O2/c28-27-23-14-11-19-8-6-18(7-9-19)10-12-21(13-15-23)24(27)25-26-22(17-29-25)16-20-4-2-1-3-5-20/h1-9,13,15,22H,10-12,14,16-17H2/t22-/m0/s1. The molecule has 0 radical (unpaired) electrons. The van der Waals surface area contributed by atoms with Gasteiger partial charge < -0.3 is 9.94 Å². The topological polar surface area (TPSA) is 48.5 Å². The molecule has 0 unspecified atom stereocenters. The highest BCUT2D eigenvalue weighted by Gasteiger charge is 2.30. The molecule has 1 aromatic heterocycles. The summed E-state index contributed by atoms with van der Waals surface area (Å²) in [5.74, 6) is 0.503. The van der Waals surface area contributed by atoms with E-state index in [9.17, 15) is 5.21 Å². The predicted molar refractivity (Wildman–Crippen MR) is 113 cm³/mol. The highest BCUT2D eigenvalue weighted by molar-refractivity contribution is 5.93. The number of aromatic nitrogens is 1. The van der Waals surface area contributed by atoms with Crippen molar-refractivity contribution >= 4 is 5.90 Å². The van der Waals surface area contributed by atoms with Crippen LogP contribution >= 0.6 is 0 Å². The second-order valence-electron chi connectivity index (χ2n) is 7.90. The first-order chi connectivity index (χ1) is 14.3. The van der Waals surface area contributed by atoms with Crippen molar-refractivity contribution < 1.29 is 9.47 Å². The zero-order valence-corrected chi connectivity index (χ0v) is 16.4. The van der Waals surface area contributed by atoms with Gasteiger partial charge in [-0.1, -0.05) is 54.6 Å². The molecule has 3 aliphatic heterocycles. The van der Waals surface area contributed by atoms with Gasteiger partial charge in [-0.2, -0.15) is 4.73 Å². The van der Waals surface area contributed by atoms with E-state index in [-0.39, 0.29) is 6.04 Å². The van der Waals surface area contributed by atoms with Gasteiger partial charge in [0.1, 0.15) is 6.61 Å². The van der Waals surface area contributed by atoms with E-state index in [1.54, 1.807) is 0 Å². The van der Waals surface area contributed by atoms with Crippen molar-refractivity contribution in [3.63, 3.8) is 0 Å². The van der Waals surface area contributed by atoms with Crippen molar-refractivity contribution in [1.29, 1.82) is 0 Å². The third-order valence-electron chi connectivity index (χ3n) is 5.85. The third kappa shape index (κ3) is 3.75. The van der Waals surface area contributed by atoms with Crippen LogP contribution in [-0.4, -0.2) is 18.5 Å². The second kappa shape index (κ2) is 7.70. The van der Waals surface area contributed by atoms with Crippen LogP contribution in [-0.2, 0) is 36.8 Å². The molecule has 0 N–H and O–H groups in total. The molecule has 4 bridgehead atoms. The average molecular weight is 384 g/mol. The van der Waals surface area contributed by atoms with Gasteiger partial charge >= 0.3 is 0 Å². The molecule has 4 nitrogen and oxygen atoms in total. The highest BCUT2D eigenvalue weighted by atomic mass is 16.5. The fourth-order valence-electron chi connectivity index (χ4n) is 4.19. The molecule has 2 aliphatic carbocycles. The van der Waals surface area contributed by atoms with Gasteiger partial charge in [0.25, 0.3) is 11.6 Å². The quantitative estimate of drug-likeness (QED) is 0.512. The number of ether oxygens (including phenoxy) is 1. The first-order valence-corrected chi connectivity index (χ1v) is 10.3. The van der Waals surface area contributed by atoms with Crippen LogP contribution in [0.1, 0.15) is 33.6 Å². The Morgan fingerprint density at radius 3 is 2.34 bits per heavy atom. The summed E-state index contributed by atoms with van der Waals surface area (Å²) in [6.45, 7) is 0.522. The Morgan fingerprint density at radius 2 is 1.59 bits per heavy atom. The van der Waals surface area contributed by atoms with Crippen LogP contribution in [0.4, 0.5) is 0 Å². The summed E-state index contributed by atoms with van der Waals surface area (Å²) < 4.78 is 7.01. The predicted octanol–water partition coefficient (Wildman–Crippen LogP) is 3.59. The van der Waals surface area contributed by atoms with E-state index in [1.165, 1.54) is 16.7 Å². The Bertz CT molecular complexity index is 1040. The van der Waals surface area contributed by atoms with Gasteiger partial charge in [0.15, 0.2) is 5.69 Å². The van der Waals surface area contributed by atoms with Gasteiger partial charge in [0, 0.05) is 18.1 Å². The number of aliphatic imine (C=N–C) groups is 1. The van der Waals surface area contributed by atoms with E-state index in [2.05, 4.69) is 42.5 Å². The molecule has 5 aliphatic rings. The van der Waals surface area contributed by atoms with Crippen molar-refractivity contribution in [1.82, 2.24) is 0 Å².